The van der Waals surface area contributed by atoms with Crippen LogP contribution in [-0.2, 0) is 42.1 Å². The molecule has 0 spiro atoms. The molecule has 1 saturated heterocycles. The van der Waals surface area contributed by atoms with E-state index in [1.165, 1.54) is 83.5 Å². The minimum atomic E-state index is -5.36. The molecule has 19 heteroatoms. The van der Waals surface area contributed by atoms with E-state index >= 15 is 0 Å². The van der Waals surface area contributed by atoms with Gasteiger partial charge in [-0.15, -0.1) is 0 Å². The number of aliphatic hydroxyl groups is 8. The van der Waals surface area contributed by atoms with Crippen LogP contribution in [0.2, 0.25) is 0 Å². The molecule has 0 radical (unpaired) electrons. The Morgan fingerprint density at radius 3 is 1.41 bits per heavy atom. The van der Waals surface area contributed by atoms with E-state index in [-0.39, 0.29) is 12.8 Å². The molecule has 63 heavy (non-hydrogen) atoms. The minimum Gasteiger partial charge on any atom is -0.462 e. The van der Waals surface area contributed by atoms with Crippen molar-refractivity contribution in [2.24, 2.45) is 0 Å². The van der Waals surface area contributed by atoms with Gasteiger partial charge in [0.2, 0.25) is 0 Å². The zero-order valence-electron chi connectivity index (χ0n) is 37.9. The molecule has 0 aromatic carbocycles. The number of phosphoric ester groups is 1. The first-order valence-corrected chi connectivity index (χ1v) is 25.4. The van der Waals surface area contributed by atoms with Gasteiger partial charge in [-0.1, -0.05) is 149 Å². The fourth-order valence-electron chi connectivity index (χ4n) is 7.82. The van der Waals surface area contributed by atoms with Crippen molar-refractivity contribution in [1.29, 1.82) is 0 Å². The van der Waals surface area contributed by atoms with E-state index in [1.54, 1.807) is 0 Å². The van der Waals surface area contributed by atoms with E-state index in [9.17, 15) is 59.9 Å². The lowest BCUT2D eigenvalue weighted by Gasteiger charge is -2.47. The van der Waals surface area contributed by atoms with Crippen LogP contribution in [0.1, 0.15) is 174 Å². The van der Waals surface area contributed by atoms with Gasteiger partial charge in [-0.05, 0) is 12.8 Å². The number of carbonyl (C=O) groups is 2. The Labute approximate surface area is 374 Å². The zero-order valence-corrected chi connectivity index (χ0v) is 38.8. The Morgan fingerprint density at radius 1 is 0.540 bits per heavy atom. The largest absolute Gasteiger partial charge is 0.472 e. The average molecular weight is 931 g/mol. The Hall–Kier alpha value is -1.35. The van der Waals surface area contributed by atoms with Crippen molar-refractivity contribution in [3.63, 3.8) is 0 Å². The topological polar surface area (TPSA) is 289 Å². The molecule has 2 fully saturated rings. The molecule has 0 amide bonds. The molecular formula is C44H83O18P. The number of hydrogen-bond acceptors (Lipinski definition) is 17. The maximum Gasteiger partial charge on any atom is 0.472 e. The fourth-order valence-corrected chi connectivity index (χ4v) is 8.79. The SMILES string of the molecule is CCCCCCCCCCCCCCC(=O)OC(COC(=O)CCCCCCCCCCCCC)COP(=O)(O)OC1C(O)C(O)C(O)C(O)C1OC1OC(CO)C(O)C(O)C1O. The van der Waals surface area contributed by atoms with Crippen molar-refractivity contribution in [3.05, 3.63) is 0 Å². The summed E-state index contributed by atoms with van der Waals surface area (Å²) in [5.74, 6) is -1.21. The molecule has 0 aromatic rings. The Morgan fingerprint density at radius 2 is 0.952 bits per heavy atom. The lowest BCUT2D eigenvalue weighted by Crippen LogP contribution is -2.67. The first-order chi connectivity index (χ1) is 30.2. The van der Waals surface area contributed by atoms with Gasteiger partial charge in [-0.3, -0.25) is 18.6 Å². The van der Waals surface area contributed by atoms with Gasteiger partial charge in [-0.25, -0.2) is 4.57 Å². The highest BCUT2D eigenvalue weighted by atomic mass is 31.2. The van der Waals surface area contributed by atoms with Crippen LogP contribution in [0.4, 0.5) is 0 Å². The van der Waals surface area contributed by atoms with E-state index in [0.29, 0.717) is 12.8 Å². The third-order valence-corrected chi connectivity index (χ3v) is 12.8. The van der Waals surface area contributed by atoms with E-state index in [0.717, 1.165) is 51.4 Å². The minimum absolute atomic E-state index is 0.0389. The summed E-state index contributed by atoms with van der Waals surface area (Å²) >= 11 is 0. The molecule has 13 unspecified atom stereocenters. The molecule has 1 aliphatic carbocycles. The van der Waals surface area contributed by atoms with Crippen LogP contribution in [0.25, 0.3) is 0 Å². The molecule has 18 nitrogen and oxygen atoms in total. The summed E-state index contributed by atoms with van der Waals surface area (Å²) in [6, 6.07) is 0. The fraction of sp³-hybridized carbons (Fsp3) is 0.955. The van der Waals surface area contributed by atoms with Crippen LogP contribution in [0.5, 0.6) is 0 Å². The Balaban J connectivity index is 1.98. The van der Waals surface area contributed by atoms with Crippen molar-refractivity contribution in [3.8, 4) is 0 Å². The van der Waals surface area contributed by atoms with E-state index in [2.05, 4.69) is 13.8 Å². The summed E-state index contributed by atoms with van der Waals surface area (Å²) < 4.78 is 45.3. The Bertz CT molecular complexity index is 1250. The van der Waals surface area contributed by atoms with Crippen molar-refractivity contribution in [1.82, 2.24) is 0 Å². The molecule has 372 valence electrons. The summed E-state index contributed by atoms with van der Waals surface area (Å²) in [4.78, 5) is 36.4. The second-order valence-electron chi connectivity index (χ2n) is 17.3. The molecular weight excluding hydrogens is 847 g/mol. The normalized spacial score (nSPS) is 29.0. The lowest BCUT2D eigenvalue weighted by atomic mass is 9.84. The number of unbranched alkanes of at least 4 members (excludes halogenated alkanes) is 21. The first kappa shape index (κ1) is 57.8. The number of rotatable bonds is 36. The number of phosphoric acid groups is 1. The molecule has 13 atom stereocenters. The number of esters is 2. The number of carbonyl (C=O) groups excluding carboxylic acids is 2. The third-order valence-electron chi connectivity index (χ3n) is 11.8. The van der Waals surface area contributed by atoms with Crippen molar-refractivity contribution < 1.29 is 87.9 Å². The second-order valence-corrected chi connectivity index (χ2v) is 18.7. The van der Waals surface area contributed by atoms with Gasteiger partial charge >= 0.3 is 19.8 Å². The van der Waals surface area contributed by atoms with Crippen LogP contribution in [0.15, 0.2) is 0 Å². The van der Waals surface area contributed by atoms with Gasteiger partial charge in [0.15, 0.2) is 12.4 Å². The van der Waals surface area contributed by atoms with Crippen LogP contribution in [0.3, 0.4) is 0 Å². The number of hydrogen-bond donors (Lipinski definition) is 9. The lowest BCUT2D eigenvalue weighted by molar-refractivity contribution is -0.338. The average Bonchev–Trinajstić information content (AvgIpc) is 3.26. The molecule has 2 rings (SSSR count). The summed E-state index contributed by atoms with van der Waals surface area (Å²) in [5.41, 5.74) is 0. The van der Waals surface area contributed by atoms with Gasteiger partial charge < -0.3 is 64.7 Å². The smallest absolute Gasteiger partial charge is 0.462 e. The highest BCUT2D eigenvalue weighted by Gasteiger charge is 2.55. The number of aliphatic hydroxyl groups excluding tert-OH is 8. The van der Waals surface area contributed by atoms with Gasteiger partial charge in [0.05, 0.1) is 13.2 Å². The highest BCUT2D eigenvalue weighted by Crippen LogP contribution is 2.48. The van der Waals surface area contributed by atoms with E-state index in [4.69, 9.17) is 28.0 Å². The molecule has 0 aromatic heterocycles. The molecule has 9 N–H and O–H groups in total. The molecule has 0 bridgehead atoms. The maximum atomic E-state index is 13.4. The Kier molecular flexibility index (Phi) is 30.4. The van der Waals surface area contributed by atoms with Crippen LogP contribution in [-0.4, -0.2) is 151 Å². The van der Waals surface area contributed by atoms with Crippen LogP contribution >= 0.6 is 7.82 Å². The second kappa shape index (κ2) is 33.2. The van der Waals surface area contributed by atoms with Crippen LogP contribution in [0, 0.1) is 0 Å². The number of ether oxygens (including phenoxy) is 4. The quantitative estimate of drug-likeness (QED) is 0.0239. The first-order valence-electron chi connectivity index (χ1n) is 23.9. The van der Waals surface area contributed by atoms with Crippen molar-refractivity contribution in [2.45, 2.75) is 248 Å². The summed E-state index contributed by atoms with van der Waals surface area (Å²) in [6.07, 6.45) is 2.09. The summed E-state index contributed by atoms with van der Waals surface area (Å²) in [5, 5.41) is 82.7. The van der Waals surface area contributed by atoms with Gasteiger partial charge in [0, 0.05) is 12.8 Å². The molecule has 1 saturated carbocycles. The van der Waals surface area contributed by atoms with Gasteiger partial charge in [0.1, 0.15) is 67.6 Å². The van der Waals surface area contributed by atoms with Gasteiger partial charge in [0.25, 0.3) is 0 Å². The monoisotopic (exact) mass is 931 g/mol. The van der Waals surface area contributed by atoms with Gasteiger partial charge in [-0.2, -0.15) is 0 Å². The highest BCUT2D eigenvalue weighted by molar-refractivity contribution is 7.47. The van der Waals surface area contributed by atoms with Crippen molar-refractivity contribution >= 4 is 19.8 Å². The zero-order chi connectivity index (χ0) is 46.6. The standard InChI is InChI=1S/C44H83O18P/c1-3-5-7-9-11-13-15-17-19-21-23-25-27-34(47)59-31(29-57-33(46)26-24-22-20-18-16-14-12-10-8-6-4-2)30-58-63(55,56)62-43-40(53)38(51)37(50)39(52)42(43)61-44-41(54)36(49)35(48)32(28-45)60-44/h31-32,35-45,48-54H,3-30H2,1-2H3,(H,55,56). The van der Waals surface area contributed by atoms with Crippen LogP contribution < -0.4 is 0 Å². The van der Waals surface area contributed by atoms with E-state index in [1.807, 2.05) is 0 Å². The predicted octanol–water partition coefficient (Wildman–Crippen LogP) is 4.38. The molecule has 1 aliphatic heterocycles. The summed E-state index contributed by atoms with van der Waals surface area (Å²) in [7, 11) is -5.36. The summed E-state index contributed by atoms with van der Waals surface area (Å²) in [6.45, 7) is 2.20. The predicted molar refractivity (Wildman–Crippen MR) is 231 cm³/mol. The molecule has 2 aliphatic rings. The van der Waals surface area contributed by atoms with Crippen molar-refractivity contribution in [2.75, 3.05) is 19.8 Å². The van der Waals surface area contributed by atoms with E-state index < -0.39 is 113 Å². The molecule has 1 heterocycles. The third kappa shape index (κ3) is 22.8. The maximum absolute atomic E-state index is 13.4.